The molecule has 3 nitrogen and oxygen atoms in total. The first-order valence-electron chi connectivity index (χ1n) is 9.14. The van der Waals surface area contributed by atoms with Gasteiger partial charge in [0.15, 0.2) is 0 Å². The Morgan fingerprint density at radius 2 is 1.20 bits per heavy atom. The lowest BCUT2D eigenvalue weighted by Gasteiger charge is -2.28. The highest BCUT2D eigenvalue weighted by molar-refractivity contribution is 7.84. The number of hydrogen-bond acceptors (Lipinski definition) is 3. The molecule has 0 N–H and O–H groups in total. The maximum absolute atomic E-state index is 10.2. The van der Waals surface area contributed by atoms with Gasteiger partial charge in [-0.3, -0.25) is 0 Å². The third kappa shape index (κ3) is 14.4. The fourth-order valence-corrected chi connectivity index (χ4v) is 9.98. The van der Waals surface area contributed by atoms with Gasteiger partial charge in [0.05, 0.1) is 34.4 Å². The molecular weight excluding hydrogens is 351 g/mol. The molecule has 5 heteroatoms. The Balaban J connectivity index is 0.000000472. The second kappa shape index (κ2) is 11.3. The van der Waals surface area contributed by atoms with E-state index in [-0.39, 0.29) is 0 Å². The zero-order valence-corrected chi connectivity index (χ0v) is 18.7. The molecule has 0 spiro atoms. The monoisotopic (exact) mass is 388 g/mol. The molecule has 0 aromatic heterocycles. The van der Waals surface area contributed by atoms with E-state index in [0.717, 1.165) is 17.8 Å². The van der Waals surface area contributed by atoms with Gasteiger partial charge >= 0.3 is 0 Å². The Morgan fingerprint density at radius 3 is 1.48 bits per heavy atom. The number of benzene rings is 1. The quantitative estimate of drug-likeness (QED) is 0.446. The van der Waals surface area contributed by atoms with Crippen molar-refractivity contribution in [3.8, 4) is 0 Å². The van der Waals surface area contributed by atoms with Crippen LogP contribution < -0.4 is 0 Å². The van der Waals surface area contributed by atoms with Gasteiger partial charge in [-0.05, 0) is 23.3 Å². The zero-order chi connectivity index (χ0) is 19.7. The van der Waals surface area contributed by atoms with E-state index in [0.29, 0.717) is 5.56 Å². The molecule has 0 aliphatic heterocycles. The normalized spacial score (nSPS) is 12.4. The Hall–Kier alpha value is -0.440. The van der Waals surface area contributed by atoms with Crippen molar-refractivity contribution in [1.29, 1.82) is 0 Å². The zero-order valence-electron chi connectivity index (χ0n) is 17.0. The standard InChI is InChI=1S/C13H30P.C7H8O3S/c1-11(2)8-14(7,9-12(3)4)10-13(5)6;8-11(9,10)6-7-4-2-1-3-5-7/h11-13H,8-10H2,1-7H3;1-5H,6H2,(H,8,9,10)/q+1;/p-1. The smallest absolute Gasteiger partial charge is 0.0988 e. The summed E-state index contributed by atoms with van der Waals surface area (Å²) in [5.74, 6) is 2.22. The van der Waals surface area contributed by atoms with Gasteiger partial charge in [-0.25, -0.2) is 8.42 Å². The maximum Gasteiger partial charge on any atom is 0.0988 e. The third-order valence-electron chi connectivity index (χ3n) is 3.60. The van der Waals surface area contributed by atoms with Crippen LogP contribution >= 0.6 is 7.26 Å². The van der Waals surface area contributed by atoms with Crippen LogP contribution in [0.15, 0.2) is 30.3 Å². The molecule has 0 bridgehead atoms. The largest absolute Gasteiger partial charge is 0.748 e. The third-order valence-corrected chi connectivity index (χ3v) is 9.13. The molecule has 0 unspecified atom stereocenters. The molecule has 0 amide bonds. The van der Waals surface area contributed by atoms with Crippen molar-refractivity contribution < 1.29 is 13.0 Å². The molecule has 1 aromatic carbocycles. The minimum atomic E-state index is -4.13. The lowest BCUT2D eigenvalue weighted by Crippen LogP contribution is -2.16. The van der Waals surface area contributed by atoms with Crippen LogP contribution in [0.1, 0.15) is 47.1 Å². The van der Waals surface area contributed by atoms with Crippen LogP contribution in [0.4, 0.5) is 0 Å². The van der Waals surface area contributed by atoms with Gasteiger partial charge in [0.1, 0.15) is 0 Å². The number of rotatable bonds is 8. The summed E-state index contributed by atoms with van der Waals surface area (Å²) in [4.78, 5) is 0. The molecule has 0 radical (unpaired) electrons. The fourth-order valence-electron chi connectivity index (χ4n) is 3.65. The van der Waals surface area contributed by atoms with E-state index in [1.807, 2.05) is 0 Å². The molecule has 0 fully saturated rings. The minimum Gasteiger partial charge on any atom is -0.748 e. The molecule has 0 aliphatic rings. The summed E-state index contributed by atoms with van der Waals surface area (Å²) in [7, 11) is -4.76. The van der Waals surface area contributed by atoms with Crippen LogP contribution in [0.5, 0.6) is 0 Å². The van der Waals surface area contributed by atoms with Gasteiger partial charge in [-0.2, -0.15) is 0 Å². The highest BCUT2D eigenvalue weighted by Crippen LogP contribution is 2.58. The van der Waals surface area contributed by atoms with Gasteiger partial charge in [0, 0.05) is 13.9 Å². The summed E-state index contributed by atoms with van der Waals surface area (Å²) in [5, 5.41) is 0. The van der Waals surface area contributed by atoms with Gasteiger partial charge in [-0.1, -0.05) is 71.9 Å². The van der Waals surface area contributed by atoms with Crippen molar-refractivity contribution in [3.63, 3.8) is 0 Å². The van der Waals surface area contributed by atoms with Crippen molar-refractivity contribution in [2.45, 2.75) is 47.3 Å². The van der Waals surface area contributed by atoms with Crippen LogP contribution in [-0.4, -0.2) is 38.1 Å². The summed E-state index contributed by atoms with van der Waals surface area (Å²) in [5.41, 5.74) is 0.530. The van der Waals surface area contributed by atoms with Crippen LogP contribution in [0.2, 0.25) is 0 Å². The van der Waals surface area contributed by atoms with E-state index in [1.54, 1.807) is 30.3 Å². The van der Waals surface area contributed by atoms with E-state index in [9.17, 15) is 13.0 Å². The maximum atomic E-state index is 10.2. The van der Waals surface area contributed by atoms with E-state index in [2.05, 4.69) is 48.2 Å². The second-order valence-corrected chi connectivity index (χ2v) is 14.3. The average molecular weight is 389 g/mol. The first-order valence-corrected chi connectivity index (χ1v) is 13.5. The van der Waals surface area contributed by atoms with Gasteiger partial charge < -0.3 is 4.55 Å². The lowest BCUT2D eigenvalue weighted by molar-refractivity contribution is 0.462. The van der Waals surface area contributed by atoms with Gasteiger partial charge in [-0.15, -0.1) is 0 Å². The van der Waals surface area contributed by atoms with Gasteiger partial charge in [0.25, 0.3) is 0 Å². The van der Waals surface area contributed by atoms with E-state index in [4.69, 9.17) is 0 Å². The Morgan fingerprint density at radius 1 is 0.840 bits per heavy atom. The Bertz CT molecular complexity index is 539. The van der Waals surface area contributed by atoms with Crippen molar-refractivity contribution in [1.82, 2.24) is 0 Å². The lowest BCUT2D eigenvalue weighted by atomic mass is 10.2. The highest BCUT2D eigenvalue weighted by atomic mass is 32.2. The molecule has 0 saturated heterocycles. The fraction of sp³-hybridized carbons (Fsp3) is 0.700. The van der Waals surface area contributed by atoms with Crippen LogP contribution in [0, 0.1) is 17.8 Å². The van der Waals surface area contributed by atoms with E-state index >= 15 is 0 Å². The van der Waals surface area contributed by atoms with Crippen LogP contribution in [0.3, 0.4) is 0 Å². The molecule has 0 aliphatic carbocycles. The van der Waals surface area contributed by atoms with Gasteiger partial charge in [0.2, 0.25) is 0 Å². The van der Waals surface area contributed by atoms with Crippen LogP contribution in [-0.2, 0) is 15.9 Å². The van der Waals surface area contributed by atoms with Crippen LogP contribution in [0.25, 0.3) is 0 Å². The first kappa shape index (κ1) is 24.6. The molecular formula is C20H37O3PS. The van der Waals surface area contributed by atoms with Crippen molar-refractivity contribution in [2.75, 3.05) is 25.2 Å². The topological polar surface area (TPSA) is 57.2 Å². The summed E-state index contributed by atoms with van der Waals surface area (Å²) in [6.45, 7) is 16.8. The van der Waals surface area contributed by atoms with Crippen molar-refractivity contribution >= 4 is 17.4 Å². The number of hydrogen-bond donors (Lipinski definition) is 0. The average Bonchev–Trinajstić information content (AvgIpc) is 2.34. The summed E-state index contributed by atoms with van der Waals surface area (Å²) >= 11 is 0. The molecule has 146 valence electrons. The van der Waals surface area contributed by atoms with Crippen molar-refractivity contribution in [2.24, 2.45) is 17.8 Å². The predicted octanol–water partition coefficient (Wildman–Crippen LogP) is 5.33. The second-order valence-electron chi connectivity index (χ2n) is 8.54. The first-order chi connectivity index (χ1) is 11.3. The molecule has 1 aromatic rings. The highest BCUT2D eigenvalue weighted by Gasteiger charge is 2.33. The Kier molecular flexibility index (Phi) is 11.1. The van der Waals surface area contributed by atoms with E-state index in [1.165, 1.54) is 18.5 Å². The minimum absolute atomic E-state index is 0.423. The SMILES string of the molecule is CC(C)C[P+](C)(CC(C)C)CC(C)C.O=S(=O)([O-])Cc1ccccc1. The van der Waals surface area contributed by atoms with E-state index < -0.39 is 23.1 Å². The summed E-state index contributed by atoms with van der Waals surface area (Å²) in [6, 6.07) is 8.37. The molecule has 0 saturated carbocycles. The molecule has 0 heterocycles. The van der Waals surface area contributed by atoms with Crippen molar-refractivity contribution in [3.05, 3.63) is 35.9 Å². The molecule has 0 atom stereocenters. The summed E-state index contributed by atoms with van der Waals surface area (Å²) < 4.78 is 30.7. The Labute approximate surface area is 156 Å². The molecule has 1 rings (SSSR count). The molecule has 25 heavy (non-hydrogen) atoms. The predicted molar refractivity (Wildman–Crippen MR) is 112 cm³/mol. The summed E-state index contributed by atoms with van der Waals surface area (Å²) in [6.07, 6.45) is 4.47.